The first-order valence-electron chi connectivity index (χ1n) is 7.01. The predicted molar refractivity (Wildman–Crippen MR) is 78.6 cm³/mol. The van der Waals surface area contributed by atoms with E-state index in [1.54, 1.807) is 24.1 Å². The summed E-state index contributed by atoms with van der Waals surface area (Å²) in [4.78, 5) is 24.6. The van der Waals surface area contributed by atoms with E-state index in [1.807, 2.05) is 12.1 Å². The number of urea groups is 1. The van der Waals surface area contributed by atoms with Crippen molar-refractivity contribution < 1.29 is 19.4 Å². The van der Waals surface area contributed by atoms with Gasteiger partial charge in [-0.3, -0.25) is 4.79 Å². The van der Waals surface area contributed by atoms with Crippen molar-refractivity contribution in [1.29, 1.82) is 0 Å². The van der Waals surface area contributed by atoms with Crippen LogP contribution in [0.3, 0.4) is 0 Å². The number of carboxylic acids is 1. The molecule has 2 rings (SSSR count). The first-order chi connectivity index (χ1) is 10.1. The summed E-state index contributed by atoms with van der Waals surface area (Å²) in [6, 6.07) is 7.07. The van der Waals surface area contributed by atoms with E-state index in [2.05, 4.69) is 5.32 Å². The molecule has 0 saturated carbocycles. The average Bonchev–Trinajstić information content (AvgIpc) is 2.48. The topological polar surface area (TPSA) is 78.9 Å². The second-order valence-corrected chi connectivity index (χ2v) is 5.16. The van der Waals surface area contributed by atoms with Crippen molar-refractivity contribution in [2.24, 2.45) is 5.92 Å². The molecule has 21 heavy (non-hydrogen) atoms. The minimum Gasteiger partial charge on any atom is -0.495 e. The SMILES string of the molecule is COc1ccccc1NC(=O)N1CCC(CC(=O)O)CC1. The van der Waals surface area contributed by atoms with Gasteiger partial charge in [-0.25, -0.2) is 4.79 Å². The van der Waals surface area contributed by atoms with Gasteiger partial charge in [0.2, 0.25) is 0 Å². The number of methoxy groups -OCH3 is 1. The van der Waals surface area contributed by atoms with Crippen LogP contribution in [0.25, 0.3) is 0 Å². The van der Waals surface area contributed by atoms with Gasteiger partial charge in [0, 0.05) is 19.5 Å². The van der Waals surface area contributed by atoms with Crippen LogP contribution in [0.15, 0.2) is 24.3 Å². The van der Waals surface area contributed by atoms with Gasteiger partial charge in [0.1, 0.15) is 5.75 Å². The Morgan fingerprint density at radius 1 is 1.33 bits per heavy atom. The zero-order valence-corrected chi connectivity index (χ0v) is 12.0. The molecule has 0 atom stereocenters. The van der Waals surface area contributed by atoms with E-state index in [-0.39, 0.29) is 18.4 Å². The first kappa shape index (κ1) is 15.2. The number of para-hydroxylation sites is 2. The van der Waals surface area contributed by atoms with Crippen molar-refractivity contribution in [3.05, 3.63) is 24.3 Å². The molecule has 0 aromatic heterocycles. The van der Waals surface area contributed by atoms with E-state index in [0.29, 0.717) is 24.5 Å². The van der Waals surface area contributed by atoms with Gasteiger partial charge >= 0.3 is 12.0 Å². The smallest absolute Gasteiger partial charge is 0.321 e. The number of hydrogen-bond acceptors (Lipinski definition) is 3. The number of amides is 2. The molecule has 1 fully saturated rings. The number of carboxylic acid groups (broad SMARTS) is 1. The minimum absolute atomic E-state index is 0.165. The normalized spacial score (nSPS) is 15.6. The molecule has 6 nitrogen and oxygen atoms in total. The Kier molecular flexibility index (Phi) is 5.03. The molecular formula is C15H20N2O4. The number of piperidine rings is 1. The molecule has 1 saturated heterocycles. The Bertz CT molecular complexity index is 510. The number of nitrogens with zero attached hydrogens (tertiary/aromatic N) is 1. The van der Waals surface area contributed by atoms with Crippen LogP contribution in [0.1, 0.15) is 19.3 Å². The van der Waals surface area contributed by atoms with Crippen LogP contribution in [-0.2, 0) is 4.79 Å². The highest BCUT2D eigenvalue weighted by atomic mass is 16.5. The molecule has 1 aliphatic heterocycles. The second kappa shape index (κ2) is 6.97. The largest absolute Gasteiger partial charge is 0.495 e. The molecular weight excluding hydrogens is 272 g/mol. The van der Waals surface area contributed by atoms with Crippen LogP contribution in [-0.4, -0.2) is 42.2 Å². The van der Waals surface area contributed by atoms with Gasteiger partial charge in [0.05, 0.1) is 12.8 Å². The number of likely N-dealkylation sites (tertiary alicyclic amines) is 1. The summed E-state index contributed by atoms with van der Waals surface area (Å²) in [7, 11) is 1.56. The summed E-state index contributed by atoms with van der Waals surface area (Å²) in [5.41, 5.74) is 0.637. The quantitative estimate of drug-likeness (QED) is 0.893. The molecule has 0 spiro atoms. The van der Waals surface area contributed by atoms with Gasteiger partial charge in [-0.15, -0.1) is 0 Å². The van der Waals surface area contributed by atoms with Gasteiger partial charge in [-0.2, -0.15) is 0 Å². The van der Waals surface area contributed by atoms with E-state index >= 15 is 0 Å². The van der Waals surface area contributed by atoms with E-state index < -0.39 is 5.97 Å². The summed E-state index contributed by atoms with van der Waals surface area (Å²) in [5, 5.41) is 11.6. The molecule has 0 radical (unpaired) electrons. The third-order valence-electron chi connectivity index (χ3n) is 3.71. The van der Waals surface area contributed by atoms with Crippen LogP contribution in [0, 0.1) is 5.92 Å². The highest BCUT2D eigenvalue weighted by Gasteiger charge is 2.24. The van der Waals surface area contributed by atoms with E-state index in [1.165, 1.54) is 0 Å². The van der Waals surface area contributed by atoms with Gasteiger partial charge in [-0.1, -0.05) is 12.1 Å². The van der Waals surface area contributed by atoms with Crippen LogP contribution in [0.4, 0.5) is 10.5 Å². The Hall–Kier alpha value is -2.24. The molecule has 2 N–H and O–H groups in total. The van der Waals surface area contributed by atoms with E-state index in [9.17, 15) is 9.59 Å². The Balaban J connectivity index is 1.89. The number of rotatable bonds is 4. The molecule has 0 bridgehead atoms. The zero-order chi connectivity index (χ0) is 15.2. The van der Waals surface area contributed by atoms with Crippen molar-refractivity contribution in [3.8, 4) is 5.75 Å². The van der Waals surface area contributed by atoms with Crippen molar-refractivity contribution >= 4 is 17.7 Å². The molecule has 1 aromatic rings. The number of aliphatic carboxylic acids is 1. The van der Waals surface area contributed by atoms with Crippen LogP contribution in [0.2, 0.25) is 0 Å². The lowest BCUT2D eigenvalue weighted by atomic mass is 9.94. The van der Waals surface area contributed by atoms with Gasteiger partial charge in [0.15, 0.2) is 0 Å². The molecule has 114 valence electrons. The number of benzene rings is 1. The van der Waals surface area contributed by atoms with Crippen LogP contribution >= 0.6 is 0 Å². The van der Waals surface area contributed by atoms with Gasteiger partial charge in [-0.05, 0) is 30.9 Å². The predicted octanol–water partition coefficient (Wildman–Crippen LogP) is 2.41. The van der Waals surface area contributed by atoms with E-state index in [4.69, 9.17) is 9.84 Å². The molecule has 1 heterocycles. The van der Waals surface area contributed by atoms with Crippen molar-refractivity contribution in [2.75, 3.05) is 25.5 Å². The summed E-state index contributed by atoms with van der Waals surface area (Å²) < 4.78 is 5.20. The Morgan fingerprint density at radius 2 is 2.00 bits per heavy atom. The van der Waals surface area contributed by atoms with Crippen molar-refractivity contribution in [2.45, 2.75) is 19.3 Å². The maximum Gasteiger partial charge on any atom is 0.321 e. The highest BCUT2D eigenvalue weighted by Crippen LogP contribution is 2.25. The molecule has 1 aromatic carbocycles. The maximum atomic E-state index is 12.2. The van der Waals surface area contributed by atoms with Crippen molar-refractivity contribution in [3.63, 3.8) is 0 Å². The van der Waals surface area contributed by atoms with Crippen molar-refractivity contribution in [1.82, 2.24) is 4.90 Å². The summed E-state index contributed by atoms with van der Waals surface area (Å²) in [6.45, 7) is 1.16. The van der Waals surface area contributed by atoms with Gasteiger partial charge < -0.3 is 20.1 Å². The fraction of sp³-hybridized carbons (Fsp3) is 0.467. The summed E-state index contributed by atoms with van der Waals surface area (Å²) in [5.74, 6) is 0.0105. The van der Waals surface area contributed by atoms with Gasteiger partial charge in [0.25, 0.3) is 0 Å². The fourth-order valence-corrected chi connectivity index (χ4v) is 2.53. The average molecular weight is 292 g/mol. The monoisotopic (exact) mass is 292 g/mol. The highest BCUT2D eigenvalue weighted by molar-refractivity contribution is 5.91. The molecule has 2 amide bonds. The summed E-state index contributed by atoms with van der Waals surface area (Å²) >= 11 is 0. The number of nitrogens with one attached hydrogen (secondary N) is 1. The number of hydrogen-bond donors (Lipinski definition) is 2. The number of anilines is 1. The van der Waals surface area contributed by atoms with Crippen LogP contribution < -0.4 is 10.1 Å². The second-order valence-electron chi connectivity index (χ2n) is 5.16. The first-order valence-corrected chi connectivity index (χ1v) is 7.01. The summed E-state index contributed by atoms with van der Waals surface area (Å²) in [6.07, 6.45) is 1.64. The minimum atomic E-state index is -0.771. The Labute approximate surface area is 123 Å². The maximum absolute atomic E-state index is 12.2. The molecule has 1 aliphatic rings. The molecule has 0 unspecified atom stereocenters. The lowest BCUT2D eigenvalue weighted by Crippen LogP contribution is -2.41. The molecule has 0 aliphatic carbocycles. The Morgan fingerprint density at radius 3 is 2.62 bits per heavy atom. The standard InChI is InChI=1S/C15H20N2O4/c1-21-13-5-3-2-4-12(13)16-15(20)17-8-6-11(7-9-17)10-14(18)19/h2-5,11H,6-10H2,1H3,(H,16,20)(H,18,19). The lowest BCUT2D eigenvalue weighted by Gasteiger charge is -2.31. The number of ether oxygens (including phenoxy) is 1. The lowest BCUT2D eigenvalue weighted by molar-refractivity contribution is -0.138. The molecule has 6 heteroatoms. The number of carbonyl (C=O) groups excluding carboxylic acids is 1. The third-order valence-corrected chi connectivity index (χ3v) is 3.71. The van der Waals surface area contributed by atoms with E-state index in [0.717, 1.165) is 12.8 Å². The zero-order valence-electron chi connectivity index (χ0n) is 12.0. The fourth-order valence-electron chi connectivity index (χ4n) is 2.53. The third kappa shape index (κ3) is 4.11. The van der Waals surface area contributed by atoms with Crippen LogP contribution in [0.5, 0.6) is 5.75 Å². The number of carbonyl (C=O) groups is 2.